The number of rotatable bonds is 6. The molecule has 18 heavy (non-hydrogen) atoms. The van der Waals surface area contributed by atoms with Gasteiger partial charge < -0.3 is 0 Å². The van der Waals surface area contributed by atoms with Crippen molar-refractivity contribution in [3.05, 3.63) is 47.0 Å². The van der Waals surface area contributed by atoms with Crippen molar-refractivity contribution in [2.45, 2.75) is 47.1 Å². The SMILES string of the molecule is C=C(C)C(C)N(CC)CCc1ccc(C)c(C)c1. The van der Waals surface area contributed by atoms with E-state index >= 15 is 0 Å². The molecule has 0 amide bonds. The molecule has 1 aromatic carbocycles. The zero-order valence-corrected chi connectivity index (χ0v) is 12.6. The molecule has 1 nitrogen and oxygen atoms in total. The first-order valence-corrected chi connectivity index (χ1v) is 6.91. The van der Waals surface area contributed by atoms with Gasteiger partial charge in [-0.15, -0.1) is 0 Å². The van der Waals surface area contributed by atoms with Crippen molar-refractivity contribution in [2.75, 3.05) is 13.1 Å². The average molecular weight is 245 g/mol. The van der Waals surface area contributed by atoms with E-state index in [-0.39, 0.29) is 0 Å². The molecule has 1 rings (SSSR count). The largest absolute Gasteiger partial charge is 0.297 e. The number of hydrogen-bond acceptors (Lipinski definition) is 1. The molecule has 0 heterocycles. The van der Waals surface area contributed by atoms with Gasteiger partial charge in [0.25, 0.3) is 0 Å². The van der Waals surface area contributed by atoms with Crippen LogP contribution in [0.1, 0.15) is 37.5 Å². The predicted octanol–water partition coefficient (Wildman–Crippen LogP) is 4.13. The Morgan fingerprint density at radius 2 is 1.94 bits per heavy atom. The average Bonchev–Trinajstić information content (AvgIpc) is 2.33. The Balaban J connectivity index is 2.62. The van der Waals surface area contributed by atoms with Crippen molar-refractivity contribution < 1.29 is 0 Å². The number of benzene rings is 1. The maximum absolute atomic E-state index is 4.06. The monoisotopic (exact) mass is 245 g/mol. The van der Waals surface area contributed by atoms with Crippen LogP contribution in [0.2, 0.25) is 0 Å². The van der Waals surface area contributed by atoms with Gasteiger partial charge in [0.15, 0.2) is 0 Å². The molecule has 0 radical (unpaired) electrons. The first-order chi connectivity index (χ1) is 8.45. The van der Waals surface area contributed by atoms with Crippen LogP contribution in [0, 0.1) is 13.8 Å². The minimum Gasteiger partial charge on any atom is -0.297 e. The van der Waals surface area contributed by atoms with Crippen LogP contribution in [0.5, 0.6) is 0 Å². The van der Waals surface area contributed by atoms with Crippen molar-refractivity contribution in [3.63, 3.8) is 0 Å². The standard InChI is InChI=1S/C17H27N/c1-7-18(16(6)13(2)3)11-10-17-9-8-14(4)15(5)12-17/h8-9,12,16H,2,7,10-11H2,1,3-6H3. The lowest BCUT2D eigenvalue weighted by atomic mass is 10.0. The smallest absolute Gasteiger partial charge is 0.0273 e. The minimum absolute atomic E-state index is 0.474. The van der Waals surface area contributed by atoms with Gasteiger partial charge in [0, 0.05) is 12.6 Å². The fourth-order valence-corrected chi connectivity index (χ4v) is 2.17. The molecule has 1 heteroatoms. The summed E-state index contributed by atoms with van der Waals surface area (Å²) < 4.78 is 0. The van der Waals surface area contributed by atoms with Gasteiger partial charge in [-0.1, -0.05) is 37.3 Å². The van der Waals surface area contributed by atoms with Crippen LogP contribution in [0.3, 0.4) is 0 Å². The number of nitrogens with zero attached hydrogens (tertiary/aromatic N) is 1. The summed E-state index contributed by atoms with van der Waals surface area (Å²) in [4.78, 5) is 2.48. The summed E-state index contributed by atoms with van der Waals surface area (Å²) in [5.41, 5.74) is 5.45. The molecule has 0 aliphatic carbocycles. The molecule has 0 aromatic heterocycles. The number of likely N-dealkylation sites (N-methyl/N-ethyl adjacent to an activating group) is 1. The maximum Gasteiger partial charge on any atom is 0.0273 e. The van der Waals surface area contributed by atoms with Gasteiger partial charge in [0.2, 0.25) is 0 Å². The van der Waals surface area contributed by atoms with E-state index in [0.717, 1.165) is 19.5 Å². The topological polar surface area (TPSA) is 3.24 Å². The fraction of sp³-hybridized carbons (Fsp3) is 0.529. The quantitative estimate of drug-likeness (QED) is 0.681. The molecule has 1 aromatic rings. The van der Waals surface area contributed by atoms with Gasteiger partial charge in [0.05, 0.1) is 0 Å². The highest BCUT2D eigenvalue weighted by molar-refractivity contribution is 5.30. The first kappa shape index (κ1) is 15.0. The van der Waals surface area contributed by atoms with Gasteiger partial charge in [-0.2, -0.15) is 0 Å². The Morgan fingerprint density at radius 3 is 2.44 bits per heavy atom. The van der Waals surface area contributed by atoms with Crippen LogP contribution >= 0.6 is 0 Å². The molecule has 0 saturated carbocycles. The van der Waals surface area contributed by atoms with Crippen LogP contribution in [-0.4, -0.2) is 24.0 Å². The van der Waals surface area contributed by atoms with Gasteiger partial charge in [-0.3, -0.25) is 4.90 Å². The fourth-order valence-electron chi connectivity index (χ4n) is 2.17. The number of aryl methyl sites for hydroxylation is 2. The summed E-state index contributed by atoms with van der Waals surface area (Å²) >= 11 is 0. The highest BCUT2D eigenvalue weighted by Crippen LogP contribution is 2.13. The molecule has 0 spiro atoms. The summed E-state index contributed by atoms with van der Waals surface area (Å²) in [5.74, 6) is 0. The molecule has 0 fully saturated rings. The minimum atomic E-state index is 0.474. The second-order valence-electron chi connectivity index (χ2n) is 5.32. The van der Waals surface area contributed by atoms with E-state index < -0.39 is 0 Å². The Kier molecular flexibility index (Phi) is 5.61. The predicted molar refractivity (Wildman–Crippen MR) is 81.1 cm³/mol. The highest BCUT2D eigenvalue weighted by atomic mass is 15.1. The molecule has 0 bridgehead atoms. The lowest BCUT2D eigenvalue weighted by molar-refractivity contribution is 0.248. The normalized spacial score (nSPS) is 12.8. The summed E-state index contributed by atoms with van der Waals surface area (Å²) in [6.07, 6.45) is 1.12. The van der Waals surface area contributed by atoms with Gasteiger partial charge in [-0.05, 0) is 57.4 Å². The molecule has 1 unspecified atom stereocenters. The number of hydrogen-bond donors (Lipinski definition) is 0. The molecule has 0 aliphatic heterocycles. The zero-order chi connectivity index (χ0) is 13.7. The molecule has 1 atom stereocenters. The van der Waals surface area contributed by atoms with E-state index in [4.69, 9.17) is 0 Å². The third kappa shape index (κ3) is 3.99. The summed E-state index contributed by atoms with van der Waals surface area (Å²) in [5, 5.41) is 0. The van der Waals surface area contributed by atoms with Gasteiger partial charge >= 0.3 is 0 Å². The van der Waals surface area contributed by atoms with E-state index in [0.29, 0.717) is 6.04 Å². The van der Waals surface area contributed by atoms with Gasteiger partial charge in [0.1, 0.15) is 0 Å². The van der Waals surface area contributed by atoms with E-state index in [2.05, 4.69) is 64.3 Å². The lowest BCUT2D eigenvalue weighted by Gasteiger charge is -2.28. The Morgan fingerprint density at radius 1 is 1.28 bits per heavy atom. The Hall–Kier alpha value is -1.08. The van der Waals surface area contributed by atoms with E-state index in [9.17, 15) is 0 Å². The molecule has 0 aliphatic rings. The third-order valence-electron chi connectivity index (χ3n) is 3.93. The van der Waals surface area contributed by atoms with Crippen LogP contribution in [0.25, 0.3) is 0 Å². The van der Waals surface area contributed by atoms with E-state index in [1.54, 1.807) is 0 Å². The second kappa shape index (κ2) is 6.75. The van der Waals surface area contributed by atoms with Crippen LogP contribution in [-0.2, 0) is 6.42 Å². The molecule has 0 saturated heterocycles. The van der Waals surface area contributed by atoms with E-state index in [1.807, 2.05) is 0 Å². The van der Waals surface area contributed by atoms with Crippen molar-refractivity contribution in [1.82, 2.24) is 4.90 Å². The Labute approximate surface area is 113 Å². The van der Waals surface area contributed by atoms with Crippen molar-refractivity contribution >= 4 is 0 Å². The summed E-state index contributed by atoms with van der Waals surface area (Å²) in [6.45, 7) is 17.2. The van der Waals surface area contributed by atoms with Crippen LogP contribution < -0.4 is 0 Å². The first-order valence-electron chi connectivity index (χ1n) is 6.91. The third-order valence-corrected chi connectivity index (χ3v) is 3.93. The van der Waals surface area contributed by atoms with Crippen molar-refractivity contribution in [1.29, 1.82) is 0 Å². The maximum atomic E-state index is 4.06. The second-order valence-corrected chi connectivity index (χ2v) is 5.32. The molecular formula is C17H27N. The van der Waals surface area contributed by atoms with Crippen molar-refractivity contribution in [3.8, 4) is 0 Å². The summed E-state index contributed by atoms with van der Waals surface area (Å²) in [6, 6.07) is 7.26. The van der Waals surface area contributed by atoms with Gasteiger partial charge in [-0.25, -0.2) is 0 Å². The van der Waals surface area contributed by atoms with Crippen molar-refractivity contribution in [2.24, 2.45) is 0 Å². The van der Waals surface area contributed by atoms with Crippen LogP contribution in [0.15, 0.2) is 30.4 Å². The van der Waals surface area contributed by atoms with Crippen LogP contribution in [0.4, 0.5) is 0 Å². The highest BCUT2D eigenvalue weighted by Gasteiger charge is 2.12. The summed E-state index contributed by atoms with van der Waals surface area (Å²) in [7, 11) is 0. The molecular weight excluding hydrogens is 218 g/mol. The molecule has 100 valence electrons. The zero-order valence-electron chi connectivity index (χ0n) is 12.6. The molecule has 0 N–H and O–H groups in total. The Bertz CT molecular complexity index is 406. The van der Waals surface area contributed by atoms with E-state index in [1.165, 1.54) is 22.3 Å². The lowest BCUT2D eigenvalue weighted by Crippen LogP contribution is -2.35.